The molecule has 0 aromatic rings. The zero-order valence-electron chi connectivity index (χ0n) is 23.3. The molecule has 0 amide bonds. The van der Waals surface area contributed by atoms with Crippen LogP contribution in [0.5, 0.6) is 0 Å². The van der Waals surface area contributed by atoms with Crippen LogP contribution in [0.25, 0.3) is 0 Å². The number of aliphatic carboxylic acids is 1. The van der Waals surface area contributed by atoms with Crippen molar-refractivity contribution in [2.24, 2.45) is 39.4 Å². The fraction of sp³-hybridized carbons (Fsp3) is 0.742. The molecule has 5 nitrogen and oxygen atoms in total. The first-order chi connectivity index (χ1) is 16.4. The van der Waals surface area contributed by atoms with E-state index in [1.54, 1.807) is 13.8 Å². The van der Waals surface area contributed by atoms with Crippen molar-refractivity contribution >= 4 is 11.8 Å². The predicted molar refractivity (Wildman–Crippen MR) is 141 cm³/mol. The second kappa shape index (κ2) is 8.39. The van der Waals surface area contributed by atoms with Gasteiger partial charge in [-0.15, -0.1) is 0 Å². The molecule has 0 aromatic heterocycles. The van der Waals surface area contributed by atoms with Crippen LogP contribution in [0.4, 0.5) is 0 Å². The van der Waals surface area contributed by atoms with E-state index >= 15 is 0 Å². The lowest BCUT2D eigenvalue weighted by molar-refractivity contribution is -0.148. The zero-order chi connectivity index (χ0) is 27.1. The molecule has 4 aliphatic carbocycles. The van der Waals surface area contributed by atoms with Gasteiger partial charge in [0, 0.05) is 23.2 Å². The first-order valence-corrected chi connectivity index (χ1v) is 13.7. The average Bonchev–Trinajstić information content (AvgIpc) is 2.96. The maximum absolute atomic E-state index is 12.8. The van der Waals surface area contributed by atoms with Crippen molar-refractivity contribution in [3.8, 4) is 0 Å². The Kier molecular flexibility index (Phi) is 6.37. The lowest BCUT2D eigenvalue weighted by Crippen LogP contribution is -2.53. The number of fused-ring (bicyclic) bond motifs is 5. The van der Waals surface area contributed by atoms with Crippen molar-refractivity contribution in [3.63, 3.8) is 0 Å². The summed E-state index contributed by atoms with van der Waals surface area (Å²) in [6, 6.07) is 0. The normalized spacial score (nSPS) is 40.4. The first kappa shape index (κ1) is 27.3. The minimum Gasteiger partial charge on any atom is -0.481 e. The van der Waals surface area contributed by atoms with Crippen LogP contribution in [0.15, 0.2) is 35.5 Å². The van der Waals surface area contributed by atoms with Gasteiger partial charge >= 0.3 is 5.97 Å². The van der Waals surface area contributed by atoms with Gasteiger partial charge in [0.15, 0.2) is 0 Å². The number of aliphatic hydroxyl groups is 2. The van der Waals surface area contributed by atoms with Crippen LogP contribution >= 0.6 is 0 Å². The van der Waals surface area contributed by atoms with Gasteiger partial charge < -0.3 is 15.3 Å². The Hall–Kier alpha value is -1.72. The molecule has 2 saturated carbocycles. The second-order valence-electron chi connectivity index (χ2n) is 14.0. The van der Waals surface area contributed by atoms with Crippen LogP contribution in [0, 0.1) is 39.4 Å². The van der Waals surface area contributed by atoms with Crippen LogP contribution in [0.1, 0.15) is 93.4 Å². The van der Waals surface area contributed by atoms with Gasteiger partial charge in [0.05, 0.1) is 17.6 Å². The number of hydrogen-bond acceptors (Lipinski definition) is 4. The second-order valence-corrected chi connectivity index (χ2v) is 14.0. The van der Waals surface area contributed by atoms with Crippen molar-refractivity contribution in [3.05, 3.63) is 35.5 Å². The molecule has 4 rings (SSSR count). The van der Waals surface area contributed by atoms with Gasteiger partial charge in [-0.3, -0.25) is 9.59 Å². The number of allylic oxidation sites excluding steroid dienone is 4. The lowest BCUT2D eigenvalue weighted by atomic mass is 9.44. The molecule has 0 bridgehead atoms. The highest BCUT2D eigenvalue weighted by Crippen LogP contribution is 2.71. The van der Waals surface area contributed by atoms with E-state index in [-0.39, 0.29) is 22.2 Å². The van der Waals surface area contributed by atoms with Gasteiger partial charge in [0.1, 0.15) is 5.78 Å². The van der Waals surface area contributed by atoms with Gasteiger partial charge in [0.2, 0.25) is 0 Å². The molecular formula is C31H46O5. The average molecular weight is 499 g/mol. The van der Waals surface area contributed by atoms with Crippen molar-refractivity contribution in [1.29, 1.82) is 0 Å². The summed E-state index contributed by atoms with van der Waals surface area (Å²) in [5.41, 5.74) is 0.931. The number of carbonyl (C=O) groups excluding carboxylic acids is 1. The highest BCUT2D eigenvalue weighted by atomic mass is 16.4. The number of rotatable bonds is 6. The number of Topliss-reactive ketones (excluding diaryl/α,β-unsaturated/α-hetero) is 1. The quantitative estimate of drug-likeness (QED) is 0.399. The first-order valence-electron chi connectivity index (χ1n) is 13.7. The van der Waals surface area contributed by atoms with E-state index in [1.165, 1.54) is 11.1 Å². The molecule has 0 radical (unpaired) electrons. The molecule has 4 aliphatic rings. The van der Waals surface area contributed by atoms with E-state index < -0.39 is 34.9 Å². The number of hydrogen-bond donors (Lipinski definition) is 3. The maximum atomic E-state index is 12.8. The molecule has 0 spiro atoms. The number of carbonyl (C=O) groups is 2. The molecule has 0 heterocycles. The molecule has 0 aliphatic heterocycles. The molecule has 2 fully saturated rings. The molecule has 0 unspecified atom stereocenters. The summed E-state index contributed by atoms with van der Waals surface area (Å²) < 4.78 is 0. The molecule has 200 valence electrons. The highest BCUT2D eigenvalue weighted by molar-refractivity contribution is 5.86. The molecule has 0 aromatic carbocycles. The van der Waals surface area contributed by atoms with Crippen molar-refractivity contribution in [2.45, 2.75) is 105 Å². The highest BCUT2D eigenvalue weighted by Gasteiger charge is 2.66. The molecule has 0 saturated heterocycles. The third-order valence-corrected chi connectivity index (χ3v) is 11.4. The number of carboxylic acid groups (broad SMARTS) is 1. The summed E-state index contributed by atoms with van der Waals surface area (Å²) in [4.78, 5) is 25.4. The third-order valence-electron chi connectivity index (χ3n) is 11.4. The Labute approximate surface area is 216 Å². The number of ketones is 1. The van der Waals surface area contributed by atoms with Gasteiger partial charge in [-0.2, -0.15) is 0 Å². The lowest BCUT2D eigenvalue weighted by Gasteiger charge is -2.59. The Balaban J connectivity index is 1.72. The van der Waals surface area contributed by atoms with Crippen LogP contribution in [-0.2, 0) is 9.59 Å². The van der Waals surface area contributed by atoms with E-state index in [9.17, 15) is 24.9 Å². The van der Waals surface area contributed by atoms with E-state index in [4.69, 9.17) is 0 Å². The van der Waals surface area contributed by atoms with Gasteiger partial charge in [-0.05, 0) is 85.8 Å². The minimum atomic E-state index is -1.06. The van der Waals surface area contributed by atoms with Crippen LogP contribution in [-0.4, -0.2) is 38.8 Å². The monoisotopic (exact) mass is 498 g/mol. The van der Waals surface area contributed by atoms with Gasteiger partial charge in [-0.1, -0.05) is 53.3 Å². The summed E-state index contributed by atoms with van der Waals surface area (Å²) in [6.07, 6.45) is 8.20. The predicted octanol–water partition coefficient (Wildman–Crippen LogP) is 5.86. The fourth-order valence-electron chi connectivity index (χ4n) is 8.72. The number of aliphatic hydroxyl groups excluding tert-OH is 1. The van der Waals surface area contributed by atoms with E-state index in [2.05, 4.69) is 53.3 Å². The Morgan fingerprint density at radius 1 is 1.17 bits per heavy atom. The summed E-state index contributed by atoms with van der Waals surface area (Å²) in [5, 5.41) is 32.1. The minimum absolute atomic E-state index is 0.0917. The Bertz CT molecular complexity index is 1040. The smallest absolute Gasteiger partial charge is 0.306 e. The molecule has 7 atom stereocenters. The number of carboxylic acids is 1. The van der Waals surface area contributed by atoms with E-state index in [1.807, 2.05) is 0 Å². The summed E-state index contributed by atoms with van der Waals surface area (Å²) >= 11 is 0. The standard InChI is InChI=1S/C31H46O5/c1-18(28(4,5)36)9-10-19(26(34)35)25-22(32)17-31(8)21-11-12-23-27(2,3)24(33)14-15-29(23,6)20(21)13-16-30(25,31)7/h11,13,19,22-23,25,32,36H,1,9-10,12,14-17H2,2-8H3,(H,34,35)/t19-,22-,23+,25+,29-,30-,31+/m1/s1. The van der Waals surface area contributed by atoms with Gasteiger partial charge in [-0.25, -0.2) is 0 Å². The van der Waals surface area contributed by atoms with Crippen molar-refractivity contribution in [1.82, 2.24) is 0 Å². The van der Waals surface area contributed by atoms with Crippen LogP contribution < -0.4 is 0 Å². The summed E-state index contributed by atoms with van der Waals surface area (Å²) in [7, 11) is 0. The van der Waals surface area contributed by atoms with Crippen LogP contribution in [0.3, 0.4) is 0 Å². The third kappa shape index (κ3) is 3.71. The van der Waals surface area contributed by atoms with E-state index in [0.29, 0.717) is 43.5 Å². The Morgan fingerprint density at radius 3 is 2.39 bits per heavy atom. The largest absolute Gasteiger partial charge is 0.481 e. The topological polar surface area (TPSA) is 94.8 Å². The molecule has 5 heteroatoms. The van der Waals surface area contributed by atoms with E-state index in [0.717, 1.165) is 12.8 Å². The van der Waals surface area contributed by atoms with Crippen molar-refractivity contribution in [2.75, 3.05) is 0 Å². The molecular weight excluding hydrogens is 452 g/mol. The Morgan fingerprint density at radius 2 is 1.81 bits per heavy atom. The summed E-state index contributed by atoms with van der Waals surface area (Å²) in [6.45, 7) is 18.2. The molecule has 3 N–H and O–H groups in total. The van der Waals surface area contributed by atoms with Crippen LogP contribution in [0.2, 0.25) is 0 Å². The summed E-state index contributed by atoms with van der Waals surface area (Å²) in [5.74, 6) is -1.42. The maximum Gasteiger partial charge on any atom is 0.306 e. The van der Waals surface area contributed by atoms with Crippen molar-refractivity contribution < 1.29 is 24.9 Å². The SMILES string of the molecule is C=C(CC[C@@H](C(=O)O)[C@H]1[C@H](O)C[C@@]2(C)C3=CC[C@H]4C(C)(C)C(=O)CC[C@]4(C)C3=CC[C@]12C)C(C)(C)O. The molecule has 36 heavy (non-hydrogen) atoms. The zero-order valence-corrected chi connectivity index (χ0v) is 23.3. The van der Waals surface area contributed by atoms with Gasteiger partial charge in [0.25, 0.3) is 0 Å². The fourth-order valence-corrected chi connectivity index (χ4v) is 8.72.